The predicted molar refractivity (Wildman–Crippen MR) is 290 cm³/mol. The maximum absolute atomic E-state index is 5.07. The molecule has 0 bridgehead atoms. The van der Waals surface area contributed by atoms with Gasteiger partial charge in [-0.05, 0) is 109 Å². The minimum Gasteiger partial charge on any atom is -0.331 e. The van der Waals surface area contributed by atoms with E-state index in [-0.39, 0.29) is 18.0 Å². The van der Waals surface area contributed by atoms with E-state index in [4.69, 9.17) is 9.98 Å². The summed E-state index contributed by atoms with van der Waals surface area (Å²) in [6, 6.07) is 48.6. The van der Waals surface area contributed by atoms with E-state index in [0.717, 1.165) is 51.8 Å². The topological polar surface area (TPSA) is 31.7 Å². The van der Waals surface area contributed by atoms with Gasteiger partial charge in [-0.15, -0.1) is 11.3 Å². The highest BCUT2D eigenvalue weighted by atomic mass is 32.2. The maximum atomic E-state index is 5.07. The molecule has 0 spiro atoms. The number of allylic oxidation sites excluding steroid dienone is 10. The highest BCUT2D eigenvalue weighted by Gasteiger charge is 2.29. The molecule has 0 fully saturated rings. The molecule has 6 heteroatoms. The molecule has 1 aromatic heterocycles. The van der Waals surface area contributed by atoms with Crippen LogP contribution in [0.4, 0.5) is 22.7 Å². The van der Waals surface area contributed by atoms with E-state index >= 15 is 0 Å². The van der Waals surface area contributed by atoms with Gasteiger partial charge in [-0.2, -0.15) is 0 Å². The average Bonchev–Trinajstić information content (AvgIpc) is 3.94. The molecule has 0 saturated heterocycles. The van der Waals surface area contributed by atoms with Crippen LogP contribution in [0.15, 0.2) is 229 Å². The fraction of sp³-hybridized carbons (Fsp3) is 0.148. The van der Waals surface area contributed by atoms with Gasteiger partial charge in [0, 0.05) is 45.2 Å². The SMILES string of the molecule is CCC/C=C\c1cccc(N(c2ccc(-c3nc4ccccc4s3)cc2)C2C=CC=C(C3C=CC(N(c4ccc(C5=NC6C=CC=CC6S5)cc4)c4cccc5ccccc45)=CC3)C=C2)c1C. The lowest BCUT2D eigenvalue weighted by Gasteiger charge is -2.32. The maximum Gasteiger partial charge on any atom is 0.124 e. The van der Waals surface area contributed by atoms with Crippen molar-refractivity contribution in [3.8, 4) is 10.6 Å². The normalized spacial score (nSPS) is 19.7. The van der Waals surface area contributed by atoms with Crippen LogP contribution in [0.1, 0.15) is 42.9 Å². The Morgan fingerprint density at radius 1 is 0.701 bits per heavy atom. The number of hydrogen-bond acceptors (Lipinski definition) is 6. The fourth-order valence-electron chi connectivity index (χ4n) is 9.56. The van der Waals surface area contributed by atoms with Crippen LogP contribution in [0.25, 0.3) is 37.6 Å². The lowest BCUT2D eigenvalue weighted by Crippen LogP contribution is -2.28. The van der Waals surface area contributed by atoms with Crippen molar-refractivity contribution >= 4 is 78.0 Å². The first-order valence-corrected chi connectivity index (χ1v) is 25.2. The van der Waals surface area contributed by atoms with E-state index in [1.165, 1.54) is 54.8 Å². The lowest BCUT2D eigenvalue weighted by molar-refractivity contribution is 0.776. The molecule has 0 amide bonds. The van der Waals surface area contributed by atoms with Crippen molar-refractivity contribution in [2.24, 2.45) is 10.9 Å². The summed E-state index contributed by atoms with van der Waals surface area (Å²) in [6.07, 6.45) is 35.2. The van der Waals surface area contributed by atoms with E-state index in [1.807, 2.05) is 11.8 Å². The first kappa shape index (κ1) is 42.6. The van der Waals surface area contributed by atoms with Gasteiger partial charge in [0.1, 0.15) is 5.01 Å². The van der Waals surface area contributed by atoms with Gasteiger partial charge >= 0.3 is 0 Å². The number of hydrogen-bond donors (Lipinski definition) is 0. The Hall–Kier alpha value is -6.99. The second kappa shape index (κ2) is 19.1. The van der Waals surface area contributed by atoms with Crippen LogP contribution in [0.3, 0.4) is 0 Å². The Morgan fingerprint density at radius 2 is 1.48 bits per heavy atom. The Morgan fingerprint density at radius 3 is 2.31 bits per heavy atom. The summed E-state index contributed by atoms with van der Waals surface area (Å²) < 4.78 is 1.21. The van der Waals surface area contributed by atoms with Crippen molar-refractivity contribution in [3.05, 3.63) is 240 Å². The number of aliphatic imine (C=N–C) groups is 1. The summed E-state index contributed by atoms with van der Waals surface area (Å²) in [5.41, 5.74) is 13.0. The standard InChI is InChI=1S/C61H52N4S2/c1-3-4-5-15-43-17-13-24-56(42(43)2)64(50-38-31-47(32-39-50)60-62-54-22-8-10-26-58(54)66-60)49-20-12-18-44(28-35-49)45-29-36-51(37-30-45)65(57-25-14-19-46-16-6-7-21-53(46)57)52-40-33-48(34-41-52)61-63-55-23-9-11-27-59(55)67-61/h5-29,31-41,45,49,55,59H,3-4,30H2,1-2H3/b15-5-. The van der Waals surface area contributed by atoms with Crippen LogP contribution in [-0.4, -0.2) is 27.4 Å². The number of benzene rings is 6. The largest absolute Gasteiger partial charge is 0.331 e. The molecule has 4 nitrogen and oxygen atoms in total. The van der Waals surface area contributed by atoms with Crippen LogP contribution in [-0.2, 0) is 0 Å². The zero-order valence-electron chi connectivity index (χ0n) is 37.8. The molecule has 4 aliphatic rings. The Labute approximate surface area is 402 Å². The zero-order valence-corrected chi connectivity index (χ0v) is 39.5. The molecular formula is C61H52N4S2. The molecule has 4 atom stereocenters. The number of thiazole rings is 1. The Kier molecular flexibility index (Phi) is 12.1. The zero-order chi connectivity index (χ0) is 45.1. The minimum atomic E-state index is -0.00954. The Bertz CT molecular complexity index is 3210. The van der Waals surface area contributed by atoms with Crippen molar-refractivity contribution in [2.45, 2.75) is 50.4 Å². The second-order valence-corrected chi connectivity index (χ2v) is 19.7. The number of para-hydroxylation sites is 1. The highest BCUT2D eigenvalue weighted by molar-refractivity contribution is 8.15. The van der Waals surface area contributed by atoms with Crippen molar-refractivity contribution in [3.63, 3.8) is 0 Å². The molecule has 0 radical (unpaired) electrons. The number of anilines is 4. The van der Waals surface area contributed by atoms with Crippen LogP contribution in [0.2, 0.25) is 0 Å². The fourth-order valence-corrected chi connectivity index (χ4v) is 11.7. The molecule has 67 heavy (non-hydrogen) atoms. The third-order valence-electron chi connectivity index (χ3n) is 13.1. The average molecular weight is 905 g/mol. The Balaban J connectivity index is 0.878. The molecule has 4 unspecified atom stereocenters. The number of thioether (sulfide) groups is 1. The summed E-state index contributed by atoms with van der Waals surface area (Å²) >= 11 is 3.60. The number of fused-ring (bicyclic) bond motifs is 3. The van der Waals surface area contributed by atoms with Gasteiger partial charge in [0.05, 0.1) is 38.3 Å². The highest BCUT2D eigenvalue weighted by Crippen LogP contribution is 2.41. The third kappa shape index (κ3) is 8.75. The lowest BCUT2D eigenvalue weighted by atomic mass is 9.90. The summed E-state index contributed by atoms with van der Waals surface area (Å²) in [5.74, 6) is 0.236. The van der Waals surface area contributed by atoms with Crippen LogP contribution in [0, 0.1) is 12.8 Å². The van der Waals surface area contributed by atoms with Crippen LogP contribution < -0.4 is 9.80 Å². The smallest absolute Gasteiger partial charge is 0.124 e. The van der Waals surface area contributed by atoms with Gasteiger partial charge in [-0.3, -0.25) is 4.99 Å². The monoisotopic (exact) mass is 904 g/mol. The quantitative estimate of drug-likeness (QED) is 0.122. The molecule has 11 rings (SSSR count). The van der Waals surface area contributed by atoms with Gasteiger partial charge in [0.2, 0.25) is 0 Å². The molecule has 0 N–H and O–H groups in total. The summed E-state index contributed by atoms with van der Waals surface area (Å²) in [7, 11) is 0. The minimum absolute atomic E-state index is 0.00954. The number of nitrogens with zero attached hydrogens (tertiary/aromatic N) is 4. The summed E-state index contributed by atoms with van der Waals surface area (Å²) in [6.45, 7) is 4.49. The van der Waals surface area contributed by atoms with E-state index in [9.17, 15) is 0 Å². The van der Waals surface area contributed by atoms with Gasteiger partial charge in [0.25, 0.3) is 0 Å². The number of unbranched alkanes of at least 4 members (excludes halogenated alkanes) is 1. The van der Waals surface area contributed by atoms with Gasteiger partial charge < -0.3 is 9.80 Å². The molecule has 1 aliphatic heterocycles. The molecule has 0 saturated carbocycles. The molecule has 2 heterocycles. The number of rotatable bonds is 12. The number of aromatic nitrogens is 1. The molecular weight excluding hydrogens is 853 g/mol. The van der Waals surface area contributed by atoms with E-state index in [0.29, 0.717) is 5.25 Å². The third-order valence-corrected chi connectivity index (χ3v) is 15.5. The van der Waals surface area contributed by atoms with Gasteiger partial charge in [-0.25, -0.2) is 4.98 Å². The van der Waals surface area contributed by atoms with E-state index < -0.39 is 0 Å². The molecule has 6 aromatic carbocycles. The van der Waals surface area contributed by atoms with E-state index in [2.05, 4.69) is 242 Å². The molecule has 3 aliphatic carbocycles. The van der Waals surface area contributed by atoms with Gasteiger partial charge in [-0.1, -0.05) is 177 Å². The van der Waals surface area contributed by atoms with Crippen molar-refractivity contribution < 1.29 is 0 Å². The van der Waals surface area contributed by atoms with Crippen molar-refractivity contribution in [1.29, 1.82) is 0 Å². The predicted octanol–water partition coefficient (Wildman–Crippen LogP) is 16.5. The van der Waals surface area contributed by atoms with Crippen molar-refractivity contribution in [1.82, 2.24) is 4.98 Å². The first-order valence-electron chi connectivity index (χ1n) is 23.5. The molecule has 328 valence electrons. The second-order valence-electron chi connectivity index (χ2n) is 17.5. The first-order chi connectivity index (χ1) is 33.1. The summed E-state index contributed by atoms with van der Waals surface area (Å²) in [5, 5.41) is 4.98. The van der Waals surface area contributed by atoms with Crippen LogP contribution in [0.5, 0.6) is 0 Å². The molecule has 7 aromatic rings. The van der Waals surface area contributed by atoms with Crippen molar-refractivity contribution in [2.75, 3.05) is 9.80 Å². The van der Waals surface area contributed by atoms with Crippen LogP contribution >= 0.6 is 23.1 Å². The van der Waals surface area contributed by atoms with E-state index in [1.54, 1.807) is 11.3 Å². The summed E-state index contributed by atoms with van der Waals surface area (Å²) in [4.78, 5) is 14.9. The van der Waals surface area contributed by atoms with Gasteiger partial charge in [0.15, 0.2) is 0 Å².